The average Bonchev–Trinajstić information content (AvgIpc) is 2.43. The van der Waals surface area contributed by atoms with Crippen LogP contribution in [0.25, 0.3) is 0 Å². The molecule has 2 rings (SSSR count). The van der Waals surface area contributed by atoms with Crippen molar-refractivity contribution in [3.05, 3.63) is 61.5 Å². The quantitative estimate of drug-likeness (QED) is 0.808. The SMILES string of the molecule is COc1cc(Cl)c(C(N)c2cccc(Cl)c2Cl)cc1Cl. The van der Waals surface area contributed by atoms with Gasteiger partial charge in [-0.25, -0.2) is 0 Å². The van der Waals surface area contributed by atoms with Gasteiger partial charge < -0.3 is 10.5 Å². The average molecular weight is 351 g/mol. The van der Waals surface area contributed by atoms with Crippen LogP contribution < -0.4 is 10.5 Å². The lowest BCUT2D eigenvalue weighted by Gasteiger charge is -2.17. The van der Waals surface area contributed by atoms with E-state index >= 15 is 0 Å². The van der Waals surface area contributed by atoms with Crippen LogP contribution in [-0.4, -0.2) is 7.11 Å². The minimum Gasteiger partial charge on any atom is -0.495 e. The Labute approximate surface area is 137 Å². The normalized spacial score (nSPS) is 12.3. The lowest BCUT2D eigenvalue weighted by Crippen LogP contribution is -2.13. The van der Waals surface area contributed by atoms with Crippen LogP contribution >= 0.6 is 46.4 Å². The lowest BCUT2D eigenvalue weighted by molar-refractivity contribution is 0.415. The van der Waals surface area contributed by atoms with Crippen LogP contribution in [0.15, 0.2) is 30.3 Å². The summed E-state index contributed by atoms with van der Waals surface area (Å²) in [7, 11) is 1.52. The first-order chi connectivity index (χ1) is 9.45. The molecule has 0 heterocycles. The highest BCUT2D eigenvalue weighted by Gasteiger charge is 2.19. The molecule has 0 aromatic heterocycles. The summed E-state index contributed by atoms with van der Waals surface area (Å²) in [6.07, 6.45) is 0. The smallest absolute Gasteiger partial charge is 0.138 e. The zero-order valence-electron chi connectivity index (χ0n) is 10.5. The molecule has 0 radical (unpaired) electrons. The number of hydrogen-bond donors (Lipinski definition) is 1. The topological polar surface area (TPSA) is 35.2 Å². The Hall–Kier alpha value is -0.640. The highest BCUT2D eigenvalue weighted by Crippen LogP contribution is 2.38. The van der Waals surface area contributed by atoms with Gasteiger partial charge in [0.15, 0.2) is 0 Å². The molecule has 106 valence electrons. The third-order valence-corrected chi connectivity index (χ3v) is 4.38. The van der Waals surface area contributed by atoms with Gasteiger partial charge in [-0.05, 0) is 23.3 Å². The number of benzene rings is 2. The van der Waals surface area contributed by atoms with Gasteiger partial charge in [0.05, 0.1) is 28.2 Å². The minimum atomic E-state index is -0.530. The zero-order valence-corrected chi connectivity index (χ0v) is 13.5. The van der Waals surface area contributed by atoms with Crippen molar-refractivity contribution in [1.29, 1.82) is 0 Å². The molecule has 0 aliphatic rings. The molecule has 2 aromatic carbocycles. The monoisotopic (exact) mass is 349 g/mol. The fourth-order valence-corrected chi connectivity index (χ4v) is 2.81. The van der Waals surface area contributed by atoms with Crippen molar-refractivity contribution in [3.8, 4) is 5.75 Å². The van der Waals surface area contributed by atoms with Gasteiger partial charge in [-0.3, -0.25) is 0 Å². The summed E-state index contributed by atoms with van der Waals surface area (Å²) in [5.41, 5.74) is 7.56. The predicted molar refractivity (Wildman–Crippen MR) is 85.5 cm³/mol. The summed E-state index contributed by atoms with van der Waals surface area (Å²) >= 11 is 24.5. The first-order valence-corrected chi connectivity index (χ1v) is 7.19. The summed E-state index contributed by atoms with van der Waals surface area (Å²) in [6, 6.07) is 8.04. The molecule has 0 fully saturated rings. The molecule has 20 heavy (non-hydrogen) atoms. The van der Waals surface area contributed by atoms with E-state index in [4.69, 9.17) is 56.9 Å². The fraction of sp³-hybridized carbons (Fsp3) is 0.143. The molecule has 0 bridgehead atoms. The van der Waals surface area contributed by atoms with E-state index in [1.165, 1.54) is 7.11 Å². The summed E-state index contributed by atoms with van der Waals surface area (Å²) < 4.78 is 5.10. The maximum atomic E-state index is 6.22. The van der Waals surface area contributed by atoms with E-state index in [2.05, 4.69) is 0 Å². The van der Waals surface area contributed by atoms with Gasteiger partial charge in [-0.1, -0.05) is 58.5 Å². The van der Waals surface area contributed by atoms with Gasteiger partial charge in [0.2, 0.25) is 0 Å². The molecule has 0 aliphatic heterocycles. The van der Waals surface area contributed by atoms with Crippen molar-refractivity contribution in [3.63, 3.8) is 0 Å². The van der Waals surface area contributed by atoms with E-state index in [1.54, 1.807) is 30.3 Å². The van der Waals surface area contributed by atoms with E-state index < -0.39 is 6.04 Å². The highest BCUT2D eigenvalue weighted by molar-refractivity contribution is 6.42. The molecule has 0 spiro atoms. The Morgan fingerprint density at radius 1 is 0.950 bits per heavy atom. The Morgan fingerprint density at radius 3 is 2.30 bits per heavy atom. The van der Waals surface area contributed by atoms with Crippen molar-refractivity contribution in [1.82, 2.24) is 0 Å². The van der Waals surface area contributed by atoms with Crippen LogP contribution in [0.1, 0.15) is 17.2 Å². The van der Waals surface area contributed by atoms with Crippen LogP contribution in [0.5, 0.6) is 5.75 Å². The van der Waals surface area contributed by atoms with Crippen molar-refractivity contribution in [2.45, 2.75) is 6.04 Å². The van der Waals surface area contributed by atoms with Crippen LogP contribution in [0.4, 0.5) is 0 Å². The summed E-state index contributed by atoms with van der Waals surface area (Å²) in [4.78, 5) is 0. The predicted octanol–water partition coefficient (Wildman–Crippen LogP) is 5.36. The number of nitrogens with two attached hydrogens (primary N) is 1. The Bertz CT molecular complexity index is 645. The summed E-state index contributed by atoms with van der Waals surface area (Å²) in [5, 5.41) is 1.73. The molecule has 2 N–H and O–H groups in total. The zero-order chi connectivity index (χ0) is 14.9. The van der Waals surface area contributed by atoms with Gasteiger partial charge in [0, 0.05) is 11.1 Å². The number of ether oxygens (including phenoxy) is 1. The first-order valence-electron chi connectivity index (χ1n) is 5.68. The van der Waals surface area contributed by atoms with Gasteiger partial charge >= 0.3 is 0 Å². The molecule has 1 unspecified atom stereocenters. The number of hydrogen-bond acceptors (Lipinski definition) is 2. The second kappa shape index (κ2) is 6.42. The molecule has 0 saturated heterocycles. The second-order valence-electron chi connectivity index (χ2n) is 4.13. The molecular weight excluding hydrogens is 340 g/mol. The van der Waals surface area contributed by atoms with Gasteiger partial charge in [0.25, 0.3) is 0 Å². The third kappa shape index (κ3) is 3.00. The third-order valence-electron chi connectivity index (χ3n) is 2.92. The Morgan fingerprint density at radius 2 is 1.65 bits per heavy atom. The number of methoxy groups -OCH3 is 1. The van der Waals surface area contributed by atoms with Gasteiger partial charge in [-0.2, -0.15) is 0 Å². The van der Waals surface area contributed by atoms with E-state index in [-0.39, 0.29) is 0 Å². The van der Waals surface area contributed by atoms with E-state index in [0.29, 0.717) is 37.0 Å². The Kier molecular flexibility index (Phi) is 5.05. The summed E-state index contributed by atoms with van der Waals surface area (Å²) in [6.45, 7) is 0. The number of rotatable bonds is 3. The first kappa shape index (κ1) is 15.7. The standard InChI is InChI=1S/C14H11Cl4NO/c1-20-12-6-10(16)8(5-11(12)17)14(19)7-3-2-4-9(15)13(7)18/h2-6,14H,19H2,1H3. The summed E-state index contributed by atoms with van der Waals surface area (Å²) in [5.74, 6) is 0.491. The van der Waals surface area contributed by atoms with Crippen LogP contribution in [0, 0.1) is 0 Å². The molecule has 0 aliphatic carbocycles. The van der Waals surface area contributed by atoms with Crippen molar-refractivity contribution < 1.29 is 4.74 Å². The van der Waals surface area contributed by atoms with Crippen molar-refractivity contribution >= 4 is 46.4 Å². The van der Waals surface area contributed by atoms with Crippen molar-refractivity contribution in [2.75, 3.05) is 7.11 Å². The highest BCUT2D eigenvalue weighted by atomic mass is 35.5. The van der Waals surface area contributed by atoms with Crippen LogP contribution in [0.3, 0.4) is 0 Å². The molecule has 0 saturated carbocycles. The number of halogens is 4. The molecule has 6 heteroatoms. The second-order valence-corrected chi connectivity index (χ2v) is 5.73. The minimum absolute atomic E-state index is 0.407. The maximum absolute atomic E-state index is 6.22. The molecule has 2 aromatic rings. The maximum Gasteiger partial charge on any atom is 0.138 e. The van der Waals surface area contributed by atoms with Crippen molar-refractivity contribution in [2.24, 2.45) is 5.73 Å². The van der Waals surface area contributed by atoms with E-state index in [1.807, 2.05) is 0 Å². The van der Waals surface area contributed by atoms with E-state index in [0.717, 1.165) is 0 Å². The fourth-order valence-electron chi connectivity index (χ4n) is 1.87. The van der Waals surface area contributed by atoms with Crippen LogP contribution in [0.2, 0.25) is 20.1 Å². The van der Waals surface area contributed by atoms with Gasteiger partial charge in [0.1, 0.15) is 5.75 Å². The van der Waals surface area contributed by atoms with Crippen LogP contribution in [-0.2, 0) is 0 Å². The molecule has 2 nitrogen and oxygen atoms in total. The lowest BCUT2D eigenvalue weighted by atomic mass is 9.99. The molecule has 0 amide bonds. The molecular formula is C14H11Cl4NO. The van der Waals surface area contributed by atoms with E-state index in [9.17, 15) is 0 Å². The Balaban J connectivity index is 2.51. The largest absolute Gasteiger partial charge is 0.495 e. The van der Waals surface area contributed by atoms with Gasteiger partial charge in [-0.15, -0.1) is 0 Å². The molecule has 1 atom stereocenters.